The van der Waals surface area contributed by atoms with Crippen molar-refractivity contribution in [2.75, 3.05) is 10.6 Å². The van der Waals surface area contributed by atoms with Crippen LogP contribution in [-0.4, -0.2) is 16.1 Å². The summed E-state index contributed by atoms with van der Waals surface area (Å²) in [5, 5.41) is 14.2. The number of nitrogens with zero attached hydrogens (tertiary/aromatic N) is 2. The zero-order valence-corrected chi connectivity index (χ0v) is 12.9. The number of aromatic nitrogens is 2. The Balaban J connectivity index is 1.64. The predicted molar refractivity (Wildman–Crippen MR) is 87.2 cm³/mol. The highest BCUT2D eigenvalue weighted by molar-refractivity contribution is 5.92. The van der Waals surface area contributed by atoms with Gasteiger partial charge in [-0.1, -0.05) is 12.5 Å². The van der Waals surface area contributed by atoms with E-state index in [9.17, 15) is 4.79 Å². The van der Waals surface area contributed by atoms with Gasteiger partial charge in [-0.05, 0) is 62.1 Å². The third-order valence-electron chi connectivity index (χ3n) is 3.89. The van der Waals surface area contributed by atoms with E-state index < -0.39 is 0 Å². The molecule has 1 aliphatic carbocycles. The van der Waals surface area contributed by atoms with Crippen molar-refractivity contribution in [2.45, 2.75) is 33.1 Å². The first-order chi connectivity index (χ1) is 10.6. The summed E-state index contributed by atoms with van der Waals surface area (Å²) in [6.45, 7) is 4.12. The second-order valence-corrected chi connectivity index (χ2v) is 5.92. The van der Waals surface area contributed by atoms with Crippen molar-refractivity contribution in [2.24, 2.45) is 5.92 Å². The van der Waals surface area contributed by atoms with E-state index in [0.29, 0.717) is 11.6 Å². The molecule has 1 amide bonds. The minimum absolute atomic E-state index is 0.0515. The van der Waals surface area contributed by atoms with Crippen LogP contribution in [0.5, 0.6) is 0 Å². The van der Waals surface area contributed by atoms with Gasteiger partial charge < -0.3 is 10.6 Å². The Labute approximate surface area is 130 Å². The fourth-order valence-electron chi connectivity index (χ4n) is 2.56. The molecule has 0 bridgehead atoms. The molecule has 0 unspecified atom stereocenters. The van der Waals surface area contributed by atoms with Gasteiger partial charge in [0.05, 0.1) is 0 Å². The van der Waals surface area contributed by atoms with Gasteiger partial charge in [-0.25, -0.2) is 0 Å². The summed E-state index contributed by atoms with van der Waals surface area (Å²) in [6.07, 6.45) is 3.10. The van der Waals surface area contributed by atoms with E-state index in [1.54, 1.807) is 6.07 Å². The molecule has 1 aromatic carbocycles. The van der Waals surface area contributed by atoms with Crippen LogP contribution in [-0.2, 0) is 4.79 Å². The highest BCUT2D eigenvalue weighted by Crippen LogP contribution is 2.27. The van der Waals surface area contributed by atoms with Gasteiger partial charge in [0.2, 0.25) is 5.91 Å². The van der Waals surface area contributed by atoms with Gasteiger partial charge in [0.25, 0.3) is 0 Å². The Morgan fingerprint density at radius 3 is 2.23 bits per heavy atom. The van der Waals surface area contributed by atoms with Crippen molar-refractivity contribution in [3.05, 3.63) is 41.5 Å². The van der Waals surface area contributed by atoms with Gasteiger partial charge in [0.15, 0.2) is 11.6 Å². The van der Waals surface area contributed by atoms with E-state index in [0.717, 1.165) is 24.9 Å². The van der Waals surface area contributed by atoms with Crippen LogP contribution in [0.2, 0.25) is 0 Å². The van der Waals surface area contributed by atoms with Gasteiger partial charge in [-0.2, -0.15) is 0 Å². The Bertz CT molecular complexity index is 657. The molecule has 2 N–H and O–H groups in total. The van der Waals surface area contributed by atoms with Crippen LogP contribution in [0.25, 0.3) is 0 Å². The number of rotatable bonds is 4. The van der Waals surface area contributed by atoms with Crippen molar-refractivity contribution in [3.63, 3.8) is 0 Å². The second-order valence-electron chi connectivity index (χ2n) is 5.92. The molecule has 114 valence electrons. The molecule has 1 heterocycles. The molecule has 3 rings (SSSR count). The first-order valence-electron chi connectivity index (χ1n) is 7.60. The van der Waals surface area contributed by atoms with E-state index >= 15 is 0 Å². The second kappa shape index (κ2) is 6.13. The SMILES string of the molecule is Cc1cc(C)cc(Nc2ccc(NC(=O)C3CCC3)nn2)c1. The number of benzene rings is 1. The molecule has 22 heavy (non-hydrogen) atoms. The van der Waals surface area contributed by atoms with E-state index in [4.69, 9.17) is 0 Å². The average Bonchev–Trinajstić information content (AvgIpc) is 2.37. The number of hydrogen-bond donors (Lipinski definition) is 2. The molecule has 1 aromatic heterocycles. The van der Waals surface area contributed by atoms with Gasteiger partial charge in [0.1, 0.15) is 0 Å². The number of carbonyl (C=O) groups is 1. The zero-order valence-electron chi connectivity index (χ0n) is 12.9. The number of anilines is 3. The van der Waals surface area contributed by atoms with E-state index in [-0.39, 0.29) is 11.8 Å². The smallest absolute Gasteiger partial charge is 0.228 e. The third kappa shape index (κ3) is 3.42. The summed E-state index contributed by atoms with van der Waals surface area (Å²) in [6, 6.07) is 9.83. The van der Waals surface area contributed by atoms with Crippen molar-refractivity contribution in [1.82, 2.24) is 10.2 Å². The van der Waals surface area contributed by atoms with E-state index in [2.05, 4.69) is 52.9 Å². The van der Waals surface area contributed by atoms with Gasteiger partial charge in [0, 0.05) is 11.6 Å². The van der Waals surface area contributed by atoms with Crippen LogP contribution in [0.15, 0.2) is 30.3 Å². The molecule has 0 saturated heterocycles. The summed E-state index contributed by atoms with van der Waals surface area (Å²) >= 11 is 0. The monoisotopic (exact) mass is 296 g/mol. The molecule has 5 nitrogen and oxygen atoms in total. The number of hydrogen-bond acceptors (Lipinski definition) is 4. The maximum Gasteiger partial charge on any atom is 0.228 e. The number of amides is 1. The van der Waals surface area contributed by atoms with Crippen LogP contribution < -0.4 is 10.6 Å². The molecule has 2 aromatic rings. The Morgan fingerprint density at radius 2 is 1.68 bits per heavy atom. The molecule has 1 aliphatic rings. The number of carbonyl (C=O) groups excluding carboxylic acids is 1. The lowest BCUT2D eigenvalue weighted by Gasteiger charge is -2.23. The molecule has 0 radical (unpaired) electrons. The maximum absolute atomic E-state index is 11.9. The Morgan fingerprint density at radius 1 is 1.05 bits per heavy atom. The molecular formula is C17H20N4O. The van der Waals surface area contributed by atoms with E-state index in [1.807, 2.05) is 6.07 Å². The lowest BCUT2D eigenvalue weighted by Crippen LogP contribution is -2.28. The van der Waals surface area contributed by atoms with E-state index in [1.165, 1.54) is 11.1 Å². The van der Waals surface area contributed by atoms with Gasteiger partial charge in [-0.3, -0.25) is 4.79 Å². The Kier molecular flexibility index (Phi) is 4.04. The number of aryl methyl sites for hydroxylation is 2. The number of nitrogens with one attached hydrogen (secondary N) is 2. The van der Waals surface area contributed by atoms with Crippen molar-refractivity contribution < 1.29 is 4.79 Å². The fraction of sp³-hybridized carbons (Fsp3) is 0.353. The summed E-state index contributed by atoms with van der Waals surface area (Å²) < 4.78 is 0. The fourth-order valence-corrected chi connectivity index (χ4v) is 2.56. The van der Waals surface area contributed by atoms with Crippen molar-refractivity contribution in [1.29, 1.82) is 0 Å². The lowest BCUT2D eigenvalue weighted by molar-refractivity contribution is -0.122. The van der Waals surface area contributed by atoms with Gasteiger partial charge >= 0.3 is 0 Å². The molecule has 5 heteroatoms. The average molecular weight is 296 g/mol. The molecular weight excluding hydrogens is 276 g/mol. The summed E-state index contributed by atoms with van der Waals surface area (Å²) in [4.78, 5) is 11.9. The van der Waals surface area contributed by atoms with Crippen molar-refractivity contribution in [3.8, 4) is 0 Å². The molecule has 1 fully saturated rings. The Hall–Kier alpha value is -2.43. The quantitative estimate of drug-likeness (QED) is 0.905. The minimum atomic E-state index is 0.0515. The van der Waals surface area contributed by atoms with Gasteiger partial charge in [-0.15, -0.1) is 10.2 Å². The third-order valence-corrected chi connectivity index (χ3v) is 3.89. The standard InChI is InChI=1S/C17H20N4O/c1-11-8-12(2)10-14(9-11)18-15-6-7-16(21-20-15)19-17(22)13-4-3-5-13/h6-10,13H,3-5H2,1-2H3,(H,18,20)(H,19,21,22). The first-order valence-corrected chi connectivity index (χ1v) is 7.60. The molecule has 0 spiro atoms. The molecule has 0 atom stereocenters. The normalized spacial score (nSPS) is 14.3. The van der Waals surface area contributed by atoms with Crippen LogP contribution >= 0.6 is 0 Å². The first kappa shape index (κ1) is 14.5. The summed E-state index contributed by atoms with van der Waals surface area (Å²) in [5.41, 5.74) is 3.37. The maximum atomic E-state index is 11.9. The minimum Gasteiger partial charge on any atom is -0.339 e. The lowest BCUT2D eigenvalue weighted by atomic mass is 9.85. The summed E-state index contributed by atoms with van der Waals surface area (Å²) in [5.74, 6) is 1.36. The zero-order chi connectivity index (χ0) is 15.5. The highest BCUT2D eigenvalue weighted by atomic mass is 16.2. The van der Waals surface area contributed by atoms with Crippen LogP contribution in [0.4, 0.5) is 17.3 Å². The predicted octanol–water partition coefficient (Wildman–Crippen LogP) is 3.58. The van der Waals surface area contributed by atoms with Crippen LogP contribution in [0, 0.1) is 19.8 Å². The van der Waals surface area contributed by atoms with Crippen LogP contribution in [0.3, 0.4) is 0 Å². The largest absolute Gasteiger partial charge is 0.339 e. The van der Waals surface area contributed by atoms with Crippen molar-refractivity contribution >= 4 is 23.2 Å². The topological polar surface area (TPSA) is 66.9 Å². The van der Waals surface area contributed by atoms with Crippen LogP contribution in [0.1, 0.15) is 30.4 Å². The summed E-state index contributed by atoms with van der Waals surface area (Å²) in [7, 11) is 0. The molecule has 1 saturated carbocycles. The highest BCUT2D eigenvalue weighted by Gasteiger charge is 2.25. The molecule has 0 aliphatic heterocycles.